The van der Waals surface area contributed by atoms with Crippen LogP contribution in [0, 0.1) is 5.41 Å². The molecule has 0 aromatic carbocycles. The molecule has 0 aromatic heterocycles. The second-order valence-corrected chi connectivity index (χ2v) is 4.05. The number of esters is 1. The number of hydrogen-bond acceptors (Lipinski definition) is 3. The Labute approximate surface area is 87.7 Å². The van der Waals surface area contributed by atoms with E-state index in [0.29, 0.717) is 6.54 Å². The van der Waals surface area contributed by atoms with Gasteiger partial charge in [0.2, 0.25) is 0 Å². The zero-order valence-electron chi connectivity index (χ0n) is 9.14. The molecule has 0 spiro atoms. The minimum Gasteiger partial charge on any atom is -0.468 e. The molecule has 1 saturated heterocycles. The number of rotatable bonds is 1. The van der Waals surface area contributed by atoms with Gasteiger partial charge in [0.25, 0.3) is 6.08 Å². The second kappa shape index (κ2) is 4.26. The van der Waals surface area contributed by atoms with Gasteiger partial charge >= 0.3 is 5.97 Å². The molecule has 0 amide bonds. The lowest BCUT2D eigenvalue weighted by Gasteiger charge is -2.37. The number of ether oxygens (including phenoxy) is 1. The van der Waals surface area contributed by atoms with E-state index in [1.54, 1.807) is 7.05 Å². The maximum atomic E-state index is 12.7. The van der Waals surface area contributed by atoms with E-state index in [0.717, 1.165) is 0 Å². The summed E-state index contributed by atoms with van der Waals surface area (Å²) in [7, 11) is 3.02. The number of carbonyl (C=O) groups is 1. The van der Waals surface area contributed by atoms with E-state index in [9.17, 15) is 13.6 Å². The third kappa shape index (κ3) is 2.17. The average Bonchev–Trinajstić information content (AvgIpc) is 2.15. The van der Waals surface area contributed by atoms with Crippen LogP contribution in [0.2, 0.25) is 0 Å². The highest BCUT2D eigenvalue weighted by atomic mass is 19.3. The molecule has 1 rings (SSSR count). The van der Waals surface area contributed by atoms with E-state index < -0.39 is 17.5 Å². The van der Waals surface area contributed by atoms with Gasteiger partial charge in [-0.2, -0.15) is 8.78 Å². The predicted molar refractivity (Wildman–Crippen MR) is 51.5 cm³/mol. The summed E-state index contributed by atoms with van der Waals surface area (Å²) in [6.07, 6.45) is -1.54. The number of likely N-dealkylation sites (tertiary alicyclic amines) is 1. The first-order chi connectivity index (χ1) is 6.91. The van der Waals surface area contributed by atoms with Crippen molar-refractivity contribution in [2.24, 2.45) is 5.41 Å². The summed E-state index contributed by atoms with van der Waals surface area (Å²) in [5, 5.41) is 0. The summed E-state index contributed by atoms with van der Waals surface area (Å²) < 4.78 is 30.0. The largest absolute Gasteiger partial charge is 0.468 e. The summed E-state index contributed by atoms with van der Waals surface area (Å²) in [5.74, 6) is -0.600. The Hall–Kier alpha value is -0.970. The molecule has 5 heteroatoms. The summed E-state index contributed by atoms with van der Waals surface area (Å²) in [6.45, 7) is 2.31. The van der Waals surface area contributed by atoms with Crippen molar-refractivity contribution in [2.45, 2.75) is 13.3 Å². The van der Waals surface area contributed by atoms with Crippen LogP contribution >= 0.6 is 0 Å². The fraction of sp³-hybridized carbons (Fsp3) is 0.700. The molecule has 3 nitrogen and oxygen atoms in total. The maximum Gasteiger partial charge on any atom is 0.317 e. The summed E-state index contributed by atoms with van der Waals surface area (Å²) in [4.78, 5) is 13.4. The molecule has 0 N–H and O–H groups in total. The molecule has 0 bridgehead atoms. The third-order valence-corrected chi connectivity index (χ3v) is 2.86. The van der Waals surface area contributed by atoms with Crippen LogP contribution in [-0.2, 0) is 9.53 Å². The van der Waals surface area contributed by atoms with Gasteiger partial charge in [0, 0.05) is 18.7 Å². The van der Waals surface area contributed by atoms with Crippen LogP contribution in [0.3, 0.4) is 0 Å². The van der Waals surface area contributed by atoms with E-state index in [-0.39, 0.29) is 18.5 Å². The van der Waals surface area contributed by atoms with Gasteiger partial charge in [0.1, 0.15) is 5.41 Å². The van der Waals surface area contributed by atoms with Crippen molar-refractivity contribution in [3.63, 3.8) is 0 Å². The number of carbonyl (C=O) groups excluding carboxylic acids is 1. The minimum absolute atomic E-state index is 0.0903. The predicted octanol–water partition coefficient (Wildman–Crippen LogP) is 1.65. The lowest BCUT2D eigenvalue weighted by molar-refractivity contribution is -0.151. The molecular formula is C10H15F2NO2. The zero-order chi connectivity index (χ0) is 11.6. The summed E-state index contributed by atoms with van der Waals surface area (Å²) in [5.41, 5.74) is -1.30. The van der Waals surface area contributed by atoms with Crippen molar-refractivity contribution in [3.8, 4) is 0 Å². The first kappa shape index (κ1) is 12.1. The van der Waals surface area contributed by atoms with Crippen LogP contribution in [0.1, 0.15) is 13.3 Å². The van der Waals surface area contributed by atoms with Crippen LogP contribution < -0.4 is 0 Å². The fourth-order valence-corrected chi connectivity index (χ4v) is 2.01. The molecule has 1 atom stereocenters. The number of nitrogens with zero attached hydrogens (tertiary/aromatic N) is 1. The minimum atomic E-state index is -1.75. The molecule has 86 valence electrons. The molecule has 1 heterocycles. The molecule has 0 aliphatic carbocycles. The summed E-state index contributed by atoms with van der Waals surface area (Å²) in [6, 6.07) is 0. The molecule has 1 unspecified atom stereocenters. The first-order valence-corrected chi connectivity index (χ1v) is 4.73. The zero-order valence-corrected chi connectivity index (χ0v) is 9.14. The molecule has 1 aliphatic heterocycles. The third-order valence-electron chi connectivity index (χ3n) is 2.86. The average molecular weight is 219 g/mol. The SMILES string of the molecule is COC(=O)C1(C)CN(C)CCC1=C(F)F. The van der Waals surface area contributed by atoms with Gasteiger partial charge in [-0.1, -0.05) is 0 Å². The highest BCUT2D eigenvalue weighted by Gasteiger charge is 2.44. The fourth-order valence-electron chi connectivity index (χ4n) is 2.01. The van der Waals surface area contributed by atoms with Gasteiger partial charge in [-0.25, -0.2) is 0 Å². The van der Waals surface area contributed by atoms with Crippen LogP contribution in [0.4, 0.5) is 8.78 Å². The monoisotopic (exact) mass is 219 g/mol. The van der Waals surface area contributed by atoms with Gasteiger partial charge in [0.15, 0.2) is 0 Å². The van der Waals surface area contributed by atoms with E-state index in [4.69, 9.17) is 0 Å². The molecular weight excluding hydrogens is 204 g/mol. The Bertz CT molecular complexity index is 300. The first-order valence-electron chi connectivity index (χ1n) is 4.73. The maximum absolute atomic E-state index is 12.7. The highest BCUT2D eigenvalue weighted by Crippen LogP contribution is 2.38. The molecule has 0 aromatic rings. The van der Waals surface area contributed by atoms with Crippen LogP contribution in [0.15, 0.2) is 11.7 Å². The standard InChI is InChI=1S/C10H15F2NO2/c1-10(9(14)15-3)6-13(2)5-4-7(10)8(11)12/h4-6H2,1-3H3. The number of methoxy groups -OCH3 is 1. The van der Waals surface area contributed by atoms with Gasteiger partial charge in [-0.3, -0.25) is 4.79 Å². The topological polar surface area (TPSA) is 29.5 Å². The van der Waals surface area contributed by atoms with Crippen molar-refractivity contribution >= 4 is 5.97 Å². The Morgan fingerprint density at radius 2 is 2.13 bits per heavy atom. The Morgan fingerprint density at radius 1 is 1.53 bits per heavy atom. The smallest absolute Gasteiger partial charge is 0.317 e. The van der Waals surface area contributed by atoms with Gasteiger partial charge in [0.05, 0.1) is 7.11 Å². The number of piperidine rings is 1. The molecule has 0 radical (unpaired) electrons. The quantitative estimate of drug-likeness (QED) is 0.628. The summed E-state index contributed by atoms with van der Waals surface area (Å²) >= 11 is 0. The molecule has 1 fully saturated rings. The Kier molecular flexibility index (Phi) is 3.44. The van der Waals surface area contributed by atoms with Crippen molar-refractivity contribution in [1.82, 2.24) is 4.90 Å². The Balaban J connectivity index is 3.08. The van der Waals surface area contributed by atoms with Crippen molar-refractivity contribution in [3.05, 3.63) is 11.7 Å². The van der Waals surface area contributed by atoms with Crippen LogP contribution in [0.25, 0.3) is 0 Å². The van der Waals surface area contributed by atoms with Gasteiger partial charge in [-0.15, -0.1) is 0 Å². The van der Waals surface area contributed by atoms with Crippen molar-refractivity contribution in [2.75, 3.05) is 27.2 Å². The number of halogens is 2. The molecule has 1 aliphatic rings. The molecule has 15 heavy (non-hydrogen) atoms. The normalized spacial score (nSPS) is 27.7. The van der Waals surface area contributed by atoms with E-state index in [1.807, 2.05) is 4.90 Å². The van der Waals surface area contributed by atoms with E-state index >= 15 is 0 Å². The number of hydrogen-bond donors (Lipinski definition) is 0. The second-order valence-electron chi connectivity index (χ2n) is 4.05. The van der Waals surface area contributed by atoms with Crippen LogP contribution in [-0.4, -0.2) is 38.1 Å². The Morgan fingerprint density at radius 3 is 2.60 bits per heavy atom. The lowest BCUT2D eigenvalue weighted by Crippen LogP contribution is -2.46. The van der Waals surface area contributed by atoms with E-state index in [1.165, 1.54) is 14.0 Å². The molecule has 0 saturated carbocycles. The van der Waals surface area contributed by atoms with Crippen molar-refractivity contribution < 1.29 is 18.3 Å². The lowest BCUT2D eigenvalue weighted by atomic mass is 9.78. The van der Waals surface area contributed by atoms with Gasteiger partial charge in [-0.05, 0) is 20.4 Å². The van der Waals surface area contributed by atoms with Crippen molar-refractivity contribution in [1.29, 1.82) is 0 Å². The highest BCUT2D eigenvalue weighted by molar-refractivity contribution is 5.80. The van der Waals surface area contributed by atoms with Crippen LogP contribution in [0.5, 0.6) is 0 Å². The van der Waals surface area contributed by atoms with E-state index in [2.05, 4.69) is 4.74 Å². The van der Waals surface area contributed by atoms with Gasteiger partial charge < -0.3 is 9.64 Å².